The zero-order valence-corrected chi connectivity index (χ0v) is 4.18. The number of hydrogen-bond donors (Lipinski definition) is 2. The normalized spacial score (nSPS) is 8.71. The molecule has 0 aromatic carbocycles. The van der Waals surface area contributed by atoms with Crippen molar-refractivity contribution < 1.29 is 4.79 Å². The lowest BCUT2D eigenvalue weighted by atomic mass is 10.3. The van der Waals surface area contributed by atoms with Gasteiger partial charge < -0.3 is 4.79 Å². The summed E-state index contributed by atoms with van der Waals surface area (Å²) < 4.78 is 0. The number of hydrogen-bond acceptors (Lipinski definition) is 3. The average molecular weight is 102 g/mol. The number of unbranched alkanes of at least 4 members (excludes halogenated alkanes) is 1. The molecule has 0 heterocycles. The number of rotatable bonds is 4. The van der Waals surface area contributed by atoms with Crippen molar-refractivity contribution in [2.24, 2.45) is 5.84 Å². The lowest BCUT2D eigenvalue weighted by Crippen LogP contribution is -2.22. The first-order chi connectivity index (χ1) is 3.41. The average Bonchev–Trinajstić information content (AvgIpc) is 1.69. The second-order valence-electron chi connectivity index (χ2n) is 1.26. The zero-order chi connectivity index (χ0) is 5.54. The Hall–Kier alpha value is -0.410. The van der Waals surface area contributed by atoms with E-state index in [1.165, 1.54) is 0 Å². The third-order valence-electron chi connectivity index (χ3n) is 0.643. The molecule has 0 amide bonds. The van der Waals surface area contributed by atoms with Crippen molar-refractivity contribution in [2.75, 3.05) is 6.54 Å². The Kier molecular flexibility index (Phi) is 5.26. The van der Waals surface area contributed by atoms with E-state index in [-0.39, 0.29) is 0 Å². The van der Waals surface area contributed by atoms with Gasteiger partial charge in [-0.25, -0.2) is 0 Å². The highest BCUT2D eigenvalue weighted by molar-refractivity contribution is 5.48. The van der Waals surface area contributed by atoms with Gasteiger partial charge in [-0.3, -0.25) is 11.3 Å². The van der Waals surface area contributed by atoms with Crippen molar-refractivity contribution in [2.45, 2.75) is 12.8 Å². The van der Waals surface area contributed by atoms with E-state index in [0.717, 1.165) is 19.3 Å². The number of carbonyl (C=O) groups is 1. The van der Waals surface area contributed by atoms with E-state index >= 15 is 0 Å². The van der Waals surface area contributed by atoms with E-state index in [0.29, 0.717) is 6.42 Å². The molecule has 0 spiro atoms. The van der Waals surface area contributed by atoms with E-state index < -0.39 is 0 Å². The van der Waals surface area contributed by atoms with Gasteiger partial charge in [0.05, 0.1) is 0 Å². The molecule has 0 atom stereocenters. The fourth-order valence-electron chi connectivity index (χ4n) is 0.287. The van der Waals surface area contributed by atoms with Crippen molar-refractivity contribution in [1.82, 2.24) is 5.43 Å². The van der Waals surface area contributed by atoms with Crippen LogP contribution in [-0.4, -0.2) is 12.8 Å². The third-order valence-corrected chi connectivity index (χ3v) is 0.643. The van der Waals surface area contributed by atoms with E-state index in [4.69, 9.17) is 5.84 Å². The maximum Gasteiger partial charge on any atom is 0.120 e. The number of nitrogens with two attached hydrogens (primary N) is 1. The Labute approximate surface area is 42.9 Å². The van der Waals surface area contributed by atoms with Crippen LogP contribution in [0.3, 0.4) is 0 Å². The summed E-state index contributed by atoms with van der Waals surface area (Å²) in [7, 11) is 0. The molecular weight excluding hydrogens is 92.1 g/mol. The molecule has 3 nitrogen and oxygen atoms in total. The van der Waals surface area contributed by atoms with Crippen molar-refractivity contribution in [3.8, 4) is 0 Å². The first-order valence-corrected chi connectivity index (χ1v) is 2.29. The lowest BCUT2D eigenvalue weighted by molar-refractivity contribution is -0.107. The largest absolute Gasteiger partial charge is 0.303 e. The van der Waals surface area contributed by atoms with Crippen LogP contribution in [0.4, 0.5) is 0 Å². The Bertz CT molecular complexity index is 47.0. The highest BCUT2D eigenvalue weighted by Crippen LogP contribution is 1.76. The maximum atomic E-state index is 9.61. The van der Waals surface area contributed by atoms with Crippen LogP contribution in [0.1, 0.15) is 12.8 Å². The SMILES string of the molecule is NNCCCC=O. The number of carbonyl (C=O) groups excluding carboxylic acids is 1. The van der Waals surface area contributed by atoms with E-state index in [2.05, 4.69) is 5.43 Å². The molecule has 0 aromatic rings. The van der Waals surface area contributed by atoms with Crippen LogP contribution in [0.25, 0.3) is 0 Å². The quantitative estimate of drug-likeness (QED) is 0.216. The lowest BCUT2D eigenvalue weighted by Gasteiger charge is -1.89. The minimum Gasteiger partial charge on any atom is -0.303 e. The van der Waals surface area contributed by atoms with Crippen LogP contribution < -0.4 is 11.3 Å². The molecular formula is C4H10N2O. The molecule has 0 bridgehead atoms. The van der Waals surface area contributed by atoms with E-state index in [1.54, 1.807) is 0 Å². The standard InChI is InChI=1S/C4H10N2O/c5-6-3-1-2-4-7/h4,6H,1-3,5H2. The van der Waals surface area contributed by atoms with E-state index in [1.807, 2.05) is 0 Å². The fraction of sp³-hybridized carbons (Fsp3) is 0.750. The van der Waals surface area contributed by atoms with E-state index in [9.17, 15) is 4.79 Å². The van der Waals surface area contributed by atoms with Crippen LogP contribution >= 0.6 is 0 Å². The molecule has 0 rings (SSSR count). The van der Waals surface area contributed by atoms with Crippen molar-refractivity contribution in [1.29, 1.82) is 0 Å². The number of nitrogens with one attached hydrogen (secondary N) is 1. The summed E-state index contributed by atoms with van der Waals surface area (Å²) in [6.07, 6.45) is 2.32. The summed E-state index contributed by atoms with van der Waals surface area (Å²) >= 11 is 0. The van der Waals surface area contributed by atoms with Crippen LogP contribution in [-0.2, 0) is 4.79 Å². The molecule has 0 fully saturated rings. The minimum absolute atomic E-state index is 0.601. The summed E-state index contributed by atoms with van der Waals surface area (Å²) in [6.45, 7) is 0.721. The topological polar surface area (TPSA) is 55.1 Å². The van der Waals surface area contributed by atoms with Gasteiger partial charge >= 0.3 is 0 Å². The van der Waals surface area contributed by atoms with Crippen LogP contribution in [0.15, 0.2) is 0 Å². The predicted octanol–water partition coefficient (Wildman–Crippen LogP) is -0.571. The molecule has 42 valence electrons. The van der Waals surface area contributed by atoms with Crippen molar-refractivity contribution >= 4 is 6.29 Å². The molecule has 0 aliphatic carbocycles. The fourth-order valence-corrected chi connectivity index (χ4v) is 0.287. The van der Waals surface area contributed by atoms with Crippen LogP contribution in [0.2, 0.25) is 0 Å². The predicted molar refractivity (Wildman–Crippen MR) is 27.5 cm³/mol. The van der Waals surface area contributed by atoms with Gasteiger partial charge in [0.1, 0.15) is 6.29 Å². The van der Waals surface area contributed by atoms with Gasteiger partial charge in [-0.05, 0) is 6.42 Å². The molecule has 0 aliphatic heterocycles. The summed E-state index contributed by atoms with van der Waals surface area (Å²) in [5, 5.41) is 0. The zero-order valence-electron chi connectivity index (χ0n) is 4.18. The summed E-state index contributed by atoms with van der Waals surface area (Å²) in [6, 6.07) is 0. The molecule has 0 radical (unpaired) electrons. The molecule has 3 heteroatoms. The second-order valence-corrected chi connectivity index (χ2v) is 1.26. The first-order valence-electron chi connectivity index (χ1n) is 2.29. The number of aldehydes is 1. The highest BCUT2D eigenvalue weighted by Gasteiger charge is 1.79. The molecule has 7 heavy (non-hydrogen) atoms. The monoisotopic (exact) mass is 102 g/mol. The van der Waals surface area contributed by atoms with Gasteiger partial charge in [0.25, 0.3) is 0 Å². The smallest absolute Gasteiger partial charge is 0.120 e. The highest BCUT2D eigenvalue weighted by atomic mass is 16.1. The van der Waals surface area contributed by atoms with Crippen LogP contribution in [0, 0.1) is 0 Å². The van der Waals surface area contributed by atoms with Gasteiger partial charge in [-0.1, -0.05) is 0 Å². The van der Waals surface area contributed by atoms with Crippen molar-refractivity contribution in [3.05, 3.63) is 0 Å². The molecule has 0 aromatic heterocycles. The third kappa shape index (κ3) is 5.59. The second kappa shape index (κ2) is 5.59. The van der Waals surface area contributed by atoms with Crippen molar-refractivity contribution in [3.63, 3.8) is 0 Å². The summed E-state index contributed by atoms with van der Waals surface area (Å²) in [4.78, 5) is 9.61. The van der Waals surface area contributed by atoms with Gasteiger partial charge in [0, 0.05) is 13.0 Å². The van der Waals surface area contributed by atoms with Crippen LogP contribution in [0.5, 0.6) is 0 Å². The maximum absolute atomic E-state index is 9.61. The van der Waals surface area contributed by atoms with Gasteiger partial charge in [0.15, 0.2) is 0 Å². The molecule has 0 aliphatic rings. The Morgan fingerprint density at radius 1 is 1.71 bits per heavy atom. The Morgan fingerprint density at radius 2 is 2.43 bits per heavy atom. The Balaban J connectivity index is 2.56. The number of hydrazine groups is 1. The van der Waals surface area contributed by atoms with Gasteiger partial charge in [0.2, 0.25) is 0 Å². The van der Waals surface area contributed by atoms with Gasteiger partial charge in [-0.2, -0.15) is 0 Å². The minimum atomic E-state index is 0.601. The molecule has 0 unspecified atom stereocenters. The molecule has 0 saturated carbocycles. The summed E-state index contributed by atoms with van der Waals surface area (Å²) in [5.74, 6) is 4.90. The molecule has 3 N–H and O–H groups in total. The van der Waals surface area contributed by atoms with Gasteiger partial charge in [-0.15, -0.1) is 0 Å². The Morgan fingerprint density at radius 3 is 2.86 bits per heavy atom. The molecule has 0 saturated heterocycles. The first kappa shape index (κ1) is 6.59. The summed E-state index contributed by atoms with van der Waals surface area (Å²) in [5.41, 5.74) is 2.44.